The van der Waals surface area contributed by atoms with E-state index in [0.29, 0.717) is 62.9 Å². The Labute approximate surface area is 482 Å². The normalized spacial score (nSPS) is 18.2. The van der Waals surface area contributed by atoms with E-state index in [-0.39, 0.29) is 56.8 Å². The van der Waals surface area contributed by atoms with Crippen LogP contribution < -0.4 is 42.8 Å². The molecule has 1 aliphatic carbocycles. The number of esters is 1. The predicted octanol–water partition coefficient (Wildman–Crippen LogP) is -0.995. The van der Waals surface area contributed by atoms with Gasteiger partial charge in [-0.25, -0.2) is 14.2 Å². The van der Waals surface area contributed by atoms with Gasteiger partial charge in [-0.2, -0.15) is 0 Å². The van der Waals surface area contributed by atoms with Gasteiger partial charge >= 0.3 is 5.97 Å². The van der Waals surface area contributed by atoms with Crippen molar-refractivity contribution in [2.75, 3.05) is 53.2 Å². The number of carbonyl (C=O) groups excluding carboxylic acids is 9. The first-order valence-electron chi connectivity index (χ1n) is 27.3. The first-order valence-corrected chi connectivity index (χ1v) is 27.3. The fourth-order valence-corrected chi connectivity index (χ4v) is 10.4. The lowest BCUT2D eigenvalue weighted by Crippen LogP contribution is -2.56. The summed E-state index contributed by atoms with van der Waals surface area (Å²) in [5.74, 6) is -7.34. The zero-order valence-corrected chi connectivity index (χ0v) is 47.2. The molecule has 8 amide bonds. The van der Waals surface area contributed by atoms with Crippen LogP contribution in [0.15, 0.2) is 59.4 Å². The summed E-state index contributed by atoms with van der Waals surface area (Å²) in [6.07, 6.45) is 2.25. The minimum Gasteiger partial charge on any atom is -0.458 e. The van der Waals surface area contributed by atoms with Gasteiger partial charge in [0, 0.05) is 67.4 Å². The molecule has 8 rings (SSSR count). The molecule has 2 radical (unpaired) electrons. The Morgan fingerprint density at radius 1 is 0.917 bits per heavy atom. The van der Waals surface area contributed by atoms with Gasteiger partial charge in [-0.3, -0.25) is 48.1 Å². The first-order chi connectivity index (χ1) is 40.0. The number of halogens is 1. The van der Waals surface area contributed by atoms with Crippen LogP contribution in [0.3, 0.4) is 0 Å². The van der Waals surface area contributed by atoms with Crippen LogP contribution in [0, 0.1) is 12.7 Å². The van der Waals surface area contributed by atoms with Crippen LogP contribution in [0.4, 0.5) is 4.39 Å². The summed E-state index contributed by atoms with van der Waals surface area (Å²) in [6, 6.07) is 7.56. The van der Waals surface area contributed by atoms with Crippen molar-refractivity contribution in [3.8, 4) is 11.4 Å². The molecule has 2 aromatic heterocycles. The quantitative estimate of drug-likeness (QED) is 0.0143. The van der Waals surface area contributed by atoms with Gasteiger partial charge in [-0.15, -0.1) is 0 Å². The number of amides is 8. The number of carbonyl (C=O) groups is 9. The number of benzene rings is 2. The third kappa shape index (κ3) is 13.4. The molecular weight excluding hydrogens is 1090 g/mol. The summed E-state index contributed by atoms with van der Waals surface area (Å²) >= 11 is 0. The van der Waals surface area contributed by atoms with Crippen LogP contribution >= 0.6 is 0 Å². The zero-order valence-electron chi connectivity index (χ0n) is 47.2. The SMILES string of the molecule is [B]C(COC(C)CNCC(C(=O)NCC(=O)NCC(=O)N[C@@H](Cc1ccccc1)C(=O)NCC(=O)NCOC(C)(C)C(=O)N[C@H]1CCc2c(C)c(F)cc3nc4c(c1c23)Cn1c-4cc2c(c1=O)COC(=O)[C@]2(O)CC)N1C(=O)C=CC1=O)OC. The maximum Gasteiger partial charge on any atom is 0.343 e. The highest BCUT2D eigenvalue weighted by molar-refractivity contribution is 6.15. The Bertz CT molecular complexity index is 3380. The second kappa shape index (κ2) is 26.1. The molecule has 444 valence electrons. The number of aromatic nitrogens is 2. The standard InChI is InChI=1S/C57H66BFN10O15/c1-7-57(80)35-18-40-50-33(25-68(40)53(77)34(35)26-83-55(57)79)49-37(14-13-32-30(3)36(59)19-38(66-50)48(32)49)67-54(78)56(4,5)84-28-64-44(71)23-62-51(75)39(17-31-11-9-8-10-12-31)65-45(72)24-61-43(70)22-63-52(76)41(69-46(73)15-16-47(69)74)21-60-20-29(2)82-27-42(58)81-6/h8-12,15-16,18-19,29,37,39,41-42,60,80H,7,13-14,17,20-28H2,1-6H3,(H,61,70)(H,62,75)(H,63,76)(H,64,71)(H,65,72)(H,67,78)/t29?,37-,39-,41?,42?,57-/m0/s1. The molecule has 2 aromatic carbocycles. The Morgan fingerprint density at radius 3 is 2.29 bits per heavy atom. The summed E-state index contributed by atoms with van der Waals surface area (Å²) in [4.78, 5) is 138. The van der Waals surface area contributed by atoms with Crippen molar-refractivity contribution in [3.63, 3.8) is 0 Å². The third-order valence-corrected chi connectivity index (χ3v) is 15.2. The van der Waals surface area contributed by atoms with Crippen molar-refractivity contribution < 1.29 is 71.6 Å². The topological polar surface area (TPSA) is 333 Å². The van der Waals surface area contributed by atoms with Crippen LogP contribution in [0.5, 0.6) is 0 Å². The molecule has 3 aliphatic heterocycles. The highest BCUT2D eigenvalue weighted by atomic mass is 19.1. The molecule has 25 nitrogen and oxygen atoms in total. The Morgan fingerprint density at radius 2 is 1.60 bits per heavy atom. The van der Waals surface area contributed by atoms with E-state index in [2.05, 4.69) is 37.2 Å². The molecular formula is C57H66BFN10O15. The molecule has 4 aliphatic rings. The van der Waals surface area contributed by atoms with E-state index in [1.54, 1.807) is 57.2 Å². The molecule has 0 bridgehead atoms. The van der Waals surface area contributed by atoms with Crippen molar-refractivity contribution in [1.29, 1.82) is 0 Å². The van der Waals surface area contributed by atoms with Gasteiger partial charge in [-0.1, -0.05) is 37.3 Å². The number of ether oxygens (including phenoxy) is 4. The van der Waals surface area contributed by atoms with E-state index in [4.69, 9.17) is 31.8 Å². The van der Waals surface area contributed by atoms with Gasteiger partial charge in [0.2, 0.25) is 29.5 Å². The molecule has 3 unspecified atom stereocenters. The summed E-state index contributed by atoms with van der Waals surface area (Å²) in [6.45, 7) is 5.40. The monoisotopic (exact) mass is 1160 g/mol. The summed E-state index contributed by atoms with van der Waals surface area (Å²) < 4.78 is 38.6. The summed E-state index contributed by atoms with van der Waals surface area (Å²) in [5, 5.41) is 30.4. The van der Waals surface area contributed by atoms with Crippen molar-refractivity contribution in [1.82, 2.24) is 51.7 Å². The second-order valence-corrected chi connectivity index (χ2v) is 21.3. The number of hydrogen-bond acceptors (Lipinski definition) is 17. The molecule has 4 aromatic rings. The number of imide groups is 1. The van der Waals surface area contributed by atoms with E-state index in [0.717, 1.165) is 17.1 Å². The predicted molar refractivity (Wildman–Crippen MR) is 297 cm³/mol. The molecule has 0 saturated carbocycles. The molecule has 27 heteroatoms. The number of rotatable bonds is 26. The van der Waals surface area contributed by atoms with E-state index in [1.165, 1.54) is 31.6 Å². The largest absolute Gasteiger partial charge is 0.458 e. The number of fused-ring (bicyclic) bond motifs is 5. The van der Waals surface area contributed by atoms with Crippen LogP contribution in [-0.4, -0.2) is 164 Å². The smallest absolute Gasteiger partial charge is 0.343 e. The summed E-state index contributed by atoms with van der Waals surface area (Å²) in [7, 11) is 7.12. The van der Waals surface area contributed by atoms with E-state index in [1.807, 2.05) is 0 Å². The lowest BCUT2D eigenvalue weighted by atomic mass is 9.81. The van der Waals surface area contributed by atoms with Gasteiger partial charge in [-0.05, 0) is 75.3 Å². The number of methoxy groups -OCH3 is 1. The molecule has 84 heavy (non-hydrogen) atoms. The van der Waals surface area contributed by atoms with Gasteiger partial charge in [0.1, 0.15) is 44.7 Å². The number of pyridine rings is 2. The Balaban J connectivity index is 0.844. The number of nitrogens with one attached hydrogen (secondary N) is 7. The number of aliphatic hydroxyl groups is 1. The van der Waals surface area contributed by atoms with Crippen LogP contribution in [0.25, 0.3) is 22.3 Å². The molecule has 0 fully saturated rings. The number of cyclic esters (lactones) is 1. The number of hydrogen-bond donors (Lipinski definition) is 8. The summed E-state index contributed by atoms with van der Waals surface area (Å²) in [5.41, 5.74) is 0.0406. The van der Waals surface area contributed by atoms with Crippen molar-refractivity contribution in [2.24, 2.45) is 0 Å². The lowest BCUT2D eigenvalue weighted by molar-refractivity contribution is -0.172. The number of aryl methyl sites for hydroxylation is 1. The molecule has 0 saturated heterocycles. The zero-order chi connectivity index (χ0) is 60.8. The average Bonchev–Trinajstić information content (AvgIpc) is 1.61. The van der Waals surface area contributed by atoms with Gasteiger partial charge in [0.05, 0.1) is 67.4 Å². The minimum absolute atomic E-state index is 0.0225. The molecule has 8 N–H and O–H groups in total. The molecule has 6 atom stereocenters. The number of nitrogens with zero attached hydrogens (tertiary/aromatic N) is 3. The minimum atomic E-state index is -2.07. The highest BCUT2D eigenvalue weighted by Gasteiger charge is 2.46. The van der Waals surface area contributed by atoms with Crippen LogP contribution in [0.2, 0.25) is 0 Å². The average molecular weight is 1160 g/mol. The van der Waals surface area contributed by atoms with Crippen LogP contribution in [-0.2, 0) is 93.7 Å². The maximum absolute atomic E-state index is 15.5. The fourth-order valence-electron chi connectivity index (χ4n) is 10.4. The fraction of sp³-hybridized carbons (Fsp3) is 0.456. The highest BCUT2D eigenvalue weighted by Crippen LogP contribution is 2.46. The third-order valence-electron chi connectivity index (χ3n) is 15.2. The Kier molecular flexibility index (Phi) is 19.2. The molecule has 0 spiro atoms. The van der Waals surface area contributed by atoms with E-state index < -0.39 is 132 Å². The van der Waals surface area contributed by atoms with Crippen molar-refractivity contribution >= 4 is 72.0 Å². The second-order valence-electron chi connectivity index (χ2n) is 21.3. The molecule has 5 heterocycles. The maximum atomic E-state index is 15.5. The van der Waals surface area contributed by atoms with Gasteiger partial charge < -0.3 is 65.8 Å². The van der Waals surface area contributed by atoms with Crippen LogP contribution in [0.1, 0.15) is 85.5 Å². The lowest BCUT2D eigenvalue weighted by Gasteiger charge is -2.32. The first kappa shape index (κ1) is 61.8. The van der Waals surface area contributed by atoms with Crippen molar-refractivity contribution in [2.45, 2.75) is 115 Å². The van der Waals surface area contributed by atoms with Gasteiger partial charge in [0.25, 0.3) is 23.3 Å². The van der Waals surface area contributed by atoms with Crippen molar-refractivity contribution in [3.05, 3.63) is 110 Å². The van der Waals surface area contributed by atoms with Gasteiger partial charge in [0.15, 0.2) is 5.60 Å². The van der Waals surface area contributed by atoms with E-state index >= 15 is 4.39 Å². The Hall–Kier alpha value is -8.24. The van der Waals surface area contributed by atoms with E-state index in [9.17, 15) is 53.1 Å².